The van der Waals surface area contributed by atoms with E-state index >= 15 is 0 Å². The van der Waals surface area contributed by atoms with Gasteiger partial charge in [0.2, 0.25) is 0 Å². The molecule has 1 fully saturated rings. The fraction of sp³-hybridized carbons (Fsp3) is 0.611. The van der Waals surface area contributed by atoms with E-state index in [1.807, 2.05) is 6.07 Å². The Hall–Kier alpha value is -1.33. The molecule has 20 heavy (non-hydrogen) atoms. The lowest BCUT2D eigenvalue weighted by atomic mass is 9.51. The van der Waals surface area contributed by atoms with Gasteiger partial charge in [-0.1, -0.05) is 38.1 Å². The molecule has 0 amide bonds. The first kappa shape index (κ1) is 13.6. The van der Waals surface area contributed by atoms with Gasteiger partial charge in [0.05, 0.1) is 17.1 Å². The molecule has 1 atom stereocenters. The highest BCUT2D eigenvalue weighted by Gasteiger charge is 2.59. The second kappa shape index (κ2) is 4.60. The lowest BCUT2D eigenvalue weighted by molar-refractivity contribution is -0.159. The molecule has 0 spiro atoms. The maximum absolute atomic E-state index is 11.0. The summed E-state index contributed by atoms with van der Waals surface area (Å²) >= 11 is 0. The number of rotatable bonds is 2. The van der Waals surface area contributed by atoms with Crippen LogP contribution >= 0.6 is 0 Å². The fourth-order valence-electron chi connectivity index (χ4n) is 4.00. The van der Waals surface area contributed by atoms with Gasteiger partial charge in [0, 0.05) is 0 Å². The van der Waals surface area contributed by atoms with Crippen LogP contribution in [0.4, 0.5) is 0 Å². The van der Waals surface area contributed by atoms with Crippen LogP contribution in [-0.2, 0) is 12.8 Å². The van der Waals surface area contributed by atoms with Gasteiger partial charge in [-0.05, 0) is 55.1 Å². The third-order valence-corrected chi connectivity index (χ3v) is 5.68. The van der Waals surface area contributed by atoms with Gasteiger partial charge in [0.15, 0.2) is 0 Å². The molecule has 106 valence electrons. The molecular formula is C18H23NO. The van der Waals surface area contributed by atoms with Crippen molar-refractivity contribution in [1.29, 1.82) is 5.26 Å². The van der Waals surface area contributed by atoms with Gasteiger partial charge >= 0.3 is 0 Å². The molecule has 2 heteroatoms. The van der Waals surface area contributed by atoms with Gasteiger partial charge in [-0.2, -0.15) is 5.26 Å². The van der Waals surface area contributed by atoms with Gasteiger partial charge in [-0.25, -0.2) is 0 Å². The Labute approximate surface area is 121 Å². The van der Waals surface area contributed by atoms with Crippen LogP contribution in [0.15, 0.2) is 24.3 Å². The second-order valence-electron chi connectivity index (χ2n) is 7.08. The van der Waals surface area contributed by atoms with Crippen LogP contribution in [0.25, 0.3) is 0 Å². The molecule has 2 nitrogen and oxygen atoms in total. The molecule has 1 N–H and O–H groups in total. The summed E-state index contributed by atoms with van der Waals surface area (Å²) in [4.78, 5) is 0. The van der Waals surface area contributed by atoms with Crippen molar-refractivity contribution in [3.8, 4) is 6.07 Å². The largest absolute Gasteiger partial charge is 0.388 e. The molecule has 0 bridgehead atoms. The number of aryl methyl sites for hydroxylation is 1. The molecule has 1 saturated carbocycles. The van der Waals surface area contributed by atoms with Crippen LogP contribution in [0.2, 0.25) is 0 Å². The Morgan fingerprint density at radius 3 is 2.50 bits per heavy atom. The molecule has 3 rings (SSSR count). The highest BCUT2D eigenvalue weighted by atomic mass is 16.3. The van der Waals surface area contributed by atoms with Gasteiger partial charge in [-0.3, -0.25) is 0 Å². The maximum Gasteiger partial charge on any atom is 0.0903 e. The first-order chi connectivity index (χ1) is 9.50. The molecule has 1 aromatic rings. The summed E-state index contributed by atoms with van der Waals surface area (Å²) in [5, 5.41) is 20.8. The first-order valence-corrected chi connectivity index (χ1v) is 7.70. The lowest BCUT2D eigenvalue weighted by Gasteiger charge is -2.55. The van der Waals surface area contributed by atoms with Gasteiger partial charge in [0.1, 0.15) is 0 Å². The molecule has 0 aliphatic heterocycles. The molecular weight excluding hydrogens is 246 g/mol. The van der Waals surface area contributed by atoms with E-state index in [-0.39, 0.29) is 0 Å². The molecule has 0 radical (unpaired) electrons. The molecule has 1 aromatic carbocycles. The van der Waals surface area contributed by atoms with E-state index in [1.54, 1.807) is 0 Å². The average molecular weight is 269 g/mol. The van der Waals surface area contributed by atoms with E-state index < -0.39 is 11.0 Å². The predicted octanol–water partition coefficient (Wildman–Crippen LogP) is 3.48. The quantitative estimate of drug-likeness (QED) is 0.893. The minimum absolute atomic E-state index is 0.572. The van der Waals surface area contributed by atoms with Crippen molar-refractivity contribution < 1.29 is 5.11 Å². The Morgan fingerprint density at radius 2 is 1.90 bits per heavy atom. The summed E-state index contributed by atoms with van der Waals surface area (Å²) in [5.74, 6) is 1.17. The van der Waals surface area contributed by atoms with E-state index in [1.165, 1.54) is 11.1 Å². The number of fused-ring (bicyclic) bond motifs is 1. The van der Waals surface area contributed by atoms with Gasteiger partial charge < -0.3 is 5.11 Å². The third kappa shape index (κ3) is 1.88. The van der Waals surface area contributed by atoms with Crippen molar-refractivity contribution in [2.24, 2.45) is 17.3 Å². The summed E-state index contributed by atoms with van der Waals surface area (Å²) in [7, 11) is 0. The normalized spacial score (nSPS) is 36.0. The monoisotopic (exact) mass is 269 g/mol. The highest BCUT2D eigenvalue weighted by Crippen LogP contribution is 2.56. The number of benzene rings is 1. The van der Waals surface area contributed by atoms with E-state index in [9.17, 15) is 10.4 Å². The van der Waals surface area contributed by atoms with E-state index in [0.29, 0.717) is 18.3 Å². The number of hydrogen-bond donors (Lipinski definition) is 1. The molecule has 0 saturated heterocycles. The average Bonchev–Trinajstić information content (AvgIpc) is 2.42. The van der Waals surface area contributed by atoms with Crippen LogP contribution in [0.3, 0.4) is 0 Å². The summed E-state index contributed by atoms with van der Waals surface area (Å²) in [6.45, 7) is 4.42. The zero-order valence-corrected chi connectivity index (χ0v) is 12.4. The summed E-state index contributed by atoms with van der Waals surface area (Å²) in [5.41, 5.74) is 1.25. The maximum atomic E-state index is 11.0. The van der Waals surface area contributed by atoms with Crippen molar-refractivity contribution in [2.75, 3.05) is 0 Å². The molecule has 1 unspecified atom stereocenters. The van der Waals surface area contributed by atoms with Crippen LogP contribution in [0.1, 0.15) is 44.2 Å². The Kier molecular flexibility index (Phi) is 3.14. The minimum Gasteiger partial charge on any atom is -0.388 e. The van der Waals surface area contributed by atoms with E-state index in [2.05, 4.69) is 38.1 Å². The Bertz CT molecular complexity index is 551. The van der Waals surface area contributed by atoms with Crippen LogP contribution in [-0.4, -0.2) is 10.7 Å². The van der Waals surface area contributed by atoms with Gasteiger partial charge in [0.25, 0.3) is 0 Å². The Balaban J connectivity index is 1.87. The van der Waals surface area contributed by atoms with Crippen LogP contribution in [0.5, 0.6) is 0 Å². The van der Waals surface area contributed by atoms with Gasteiger partial charge in [-0.15, -0.1) is 0 Å². The van der Waals surface area contributed by atoms with E-state index in [0.717, 1.165) is 25.7 Å². The minimum atomic E-state index is -0.774. The standard InChI is InChI=1S/C18H23NO/c1-13(2)16-10-18(20,11-16)17(12-19)8-7-14-5-3-4-6-15(14)9-17/h3-6,13,16,20H,7-11H2,1-2H3. The van der Waals surface area contributed by atoms with E-state index in [4.69, 9.17) is 0 Å². The third-order valence-electron chi connectivity index (χ3n) is 5.68. The van der Waals surface area contributed by atoms with Crippen LogP contribution < -0.4 is 0 Å². The van der Waals surface area contributed by atoms with Crippen LogP contribution in [0, 0.1) is 28.6 Å². The number of hydrogen-bond acceptors (Lipinski definition) is 2. The van der Waals surface area contributed by atoms with Crippen molar-refractivity contribution in [3.63, 3.8) is 0 Å². The SMILES string of the molecule is CC(C)C1CC(O)(C2(C#N)CCc3ccccc3C2)C1. The topological polar surface area (TPSA) is 44.0 Å². The second-order valence-corrected chi connectivity index (χ2v) is 7.08. The molecule has 0 heterocycles. The number of aliphatic hydroxyl groups is 1. The number of nitrogens with zero attached hydrogens (tertiary/aromatic N) is 1. The fourth-order valence-corrected chi connectivity index (χ4v) is 4.00. The van der Waals surface area contributed by atoms with Crippen molar-refractivity contribution in [2.45, 2.75) is 51.6 Å². The molecule has 2 aliphatic rings. The zero-order valence-electron chi connectivity index (χ0n) is 12.4. The summed E-state index contributed by atoms with van der Waals surface area (Å²) in [6.07, 6.45) is 4.00. The predicted molar refractivity (Wildman–Crippen MR) is 79.0 cm³/mol. The number of nitriles is 1. The molecule has 2 aliphatic carbocycles. The smallest absolute Gasteiger partial charge is 0.0903 e. The first-order valence-electron chi connectivity index (χ1n) is 7.70. The summed E-state index contributed by atoms with van der Waals surface area (Å²) in [6, 6.07) is 10.9. The van der Waals surface area contributed by atoms with Crippen molar-refractivity contribution in [1.82, 2.24) is 0 Å². The lowest BCUT2D eigenvalue weighted by Crippen LogP contribution is -2.59. The zero-order chi connectivity index (χ0) is 14.4. The Morgan fingerprint density at radius 1 is 1.25 bits per heavy atom. The van der Waals surface area contributed by atoms with Crippen molar-refractivity contribution in [3.05, 3.63) is 35.4 Å². The highest BCUT2D eigenvalue weighted by molar-refractivity contribution is 5.35. The summed E-state index contributed by atoms with van der Waals surface area (Å²) < 4.78 is 0. The molecule has 0 aromatic heterocycles. The van der Waals surface area contributed by atoms with Crippen molar-refractivity contribution >= 4 is 0 Å².